The van der Waals surface area contributed by atoms with E-state index in [4.69, 9.17) is 4.74 Å². The largest absolute Gasteiger partial charge is 0.444 e. The molecule has 180 valence electrons. The van der Waals surface area contributed by atoms with Crippen molar-refractivity contribution in [2.24, 2.45) is 0 Å². The number of aryl methyl sites for hydroxylation is 2. The summed E-state index contributed by atoms with van der Waals surface area (Å²) in [6.45, 7) is 10.5. The molecule has 0 spiro atoms. The van der Waals surface area contributed by atoms with Crippen LogP contribution in [0, 0.1) is 13.8 Å². The summed E-state index contributed by atoms with van der Waals surface area (Å²) in [6.07, 6.45) is 5.33. The summed E-state index contributed by atoms with van der Waals surface area (Å²) in [6, 6.07) is -0.0301. The van der Waals surface area contributed by atoms with Crippen LogP contribution in [0.1, 0.15) is 49.1 Å². The van der Waals surface area contributed by atoms with Gasteiger partial charge in [0.2, 0.25) is 5.95 Å². The van der Waals surface area contributed by atoms with Crippen molar-refractivity contribution in [1.82, 2.24) is 34.4 Å². The molecule has 1 fully saturated rings. The fraction of sp³-hybridized carbons (Fsp3) is 0.500. The molecule has 1 aliphatic rings. The number of carbonyl (C=O) groups is 2. The van der Waals surface area contributed by atoms with E-state index < -0.39 is 11.5 Å². The zero-order chi connectivity index (χ0) is 24.6. The number of anilines is 2. The van der Waals surface area contributed by atoms with Crippen LogP contribution in [0.5, 0.6) is 0 Å². The normalized spacial score (nSPS) is 16.1. The minimum Gasteiger partial charge on any atom is -0.444 e. The van der Waals surface area contributed by atoms with Gasteiger partial charge in [0, 0.05) is 26.3 Å². The Kier molecular flexibility index (Phi) is 6.07. The van der Waals surface area contributed by atoms with Gasteiger partial charge in [0.1, 0.15) is 11.4 Å². The predicted molar refractivity (Wildman–Crippen MR) is 125 cm³/mol. The van der Waals surface area contributed by atoms with Gasteiger partial charge in [0.25, 0.3) is 5.91 Å². The van der Waals surface area contributed by atoms with E-state index in [1.807, 2.05) is 50.1 Å². The van der Waals surface area contributed by atoms with Gasteiger partial charge in [-0.2, -0.15) is 0 Å². The Morgan fingerprint density at radius 3 is 2.62 bits per heavy atom. The lowest BCUT2D eigenvalue weighted by Crippen LogP contribution is -2.42. The Hall–Kier alpha value is -3.83. The molecule has 12 nitrogen and oxygen atoms in total. The summed E-state index contributed by atoms with van der Waals surface area (Å²) in [4.78, 5) is 41.6. The minimum atomic E-state index is -0.551. The molecule has 0 aromatic carbocycles. The molecule has 2 amide bonds. The number of rotatable bonds is 4. The summed E-state index contributed by atoms with van der Waals surface area (Å²) in [5.74, 6) is 0.324. The first-order valence-corrected chi connectivity index (χ1v) is 11.0. The van der Waals surface area contributed by atoms with E-state index in [0.29, 0.717) is 30.5 Å². The van der Waals surface area contributed by atoms with Crippen LogP contribution < -0.4 is 10.2 Å². The maximum Gasteiger partial charge on any atom is 0.410 e. The van der Waals surface area contributed by atoms with Crippen LogP contribution in [0.15, 0.2) is 18.6 Å². The first-order valence-electron chi connectivity index (χ1n) is 11.0. The average Bonchev–Trinajstić information content (AvgIpc) is 3.39. The summed E-state index contributed by atoms with van der Waals surface area (Å²) in [5.41, 5.74) is 1.82. The molecule has 4 heterocycles. The van der Waals surface area contributed by atoms with Crippen molar-refractivity contribution in [2.45, 2.75) is 52.7 Å². The van der Waals surface area contributed by atoms with Crippen molar-refractivity contribution in [3.8, 4) is 0 Å². The van der Waals surface area contributed by atoms with Gasteiger partial charge >= 0.3 is 6.09 Å². The number of amides is 2. The molecule has 1 N–H and O–H groups in total. The van der Waals surface area contributed by atoms with E-state index in [9.17, 15) is 9.59 Å². The van der Waals surface area contributed by atoms with E-state index in [1.165, 1.54) is 6.20 Å². The van der Waals surface area contributed by atoms with Crippen LogP contribution in [0.2, 0.25) is 0 Å². The van der Waals surface area contributed by atoms with Gasteiger partial charge in [-0.3, -0.25) is 4.79 Å². The fourth-order valence-electron chi connectivity index (χ4n) is 3.75. The fourth-order valence-corrected chi connectivity index (χ4v) is 3.75. The molecule has 4 rings (SSSR count). The topological polar surface area (TPSA) is 131 Å². The number of likely N-dealkylation sites (N-methyl/N-ethyl adjacent to an activating group) is 1. The number of imidazole rings is 1. The van der Waals surface area contributed by atoms with Crippen LogP contribution in [-0.4, -0.2) is 78.2 Å². The second-order valence-corrected chi connectivity index (χ2v) is 9.40. The van der Waals surface area contributed by atoms with Gasteiger partial charge < -0.3 is 24.3 Å². The molecule has 0 saturated carbocycles. The Morgan fingerprint density at radius 2 is 1.94 bits per heavy atom. The highest BCUT2D eigenvalue weighted by Crippen LogP contribution is 2.21. The van der Waals surface area contributed by atoms with Gasteiger partial charge in [0.05, 0.1) is 29.8 Å². The average molecular weight is 468 g/mol. The van der Waals surface area contributed by atoms with Gasteiger partial charge in [-0.05, 0) is 41.0 Å². The number of fused-ring (bicyclic) bond motifs is 1. The van der Waals surface area contributed by atoms with Crippen molar-refractivity contribution < 1.29 is 14.3 Å². The second kappa shape index (κ2) is 8.84. The first-order chi connectivity index (χ1) is 16.0. The number of hydrogen-bond acceptors (Lipinski definition) is 9. The van der Waals surface area contributed by atoms with Crippen LogP contribution in [0.4, 0.5) is 16.6 Å². The van der Waals surface area contributed by atoms with Gasteiger partial charge in [-0.15, -0.1) is 10.2 Å². The van der Waals surface area contributed by atoms with Gasteiger partial charge in [0.15, 0.2) is 11.3 Å². The first kappa shape index (κ1) is 23.3. The summed E-state index contributed by atoms with van der Waals surface area (Å²) < 4.78 is 7.26. The molecule has 1 saturated heterocycles. The molecule has 0 unspecified atom stereocenters. The lowest BCUT2D eigenvalue weighted by Gasteiger charge is -2.28. The van der Waals surface area contributed by atoms with E-state index in [2.05, 4.69) is 30.5 Å². The van der Waals surface area contributed by atoms with E-state index in [0.717, 1.165) is 17.8 Å². The number of nitrogens with zero attached hydrogens (tertiary/aromatic N) is 8. The van der Waals surface area contributed by atoms with Crippen molar-refractivity contribution in [1.29, 1.82) is 0 Å². The molecule has 0 bridgehead atoms. The van der Waals surface area contributed by atoms with Gasteiger partial charge in [-0.1, -0.05) is 0 Å². The second-order valence-electron chi connectivity index (χ2n) is 9.40. The molecule has 1 atom stereocenters. The molecule has 3 aromatic heterocycles. The predicted octanol–water partition coefficient (Wildman–Crippen LogP) is 2.23. The lowest BCUT2D eigenvalue weighted by atomic mass is 10.2. The Labute approximate surface area is 197 Å². The summed E-state index contributed by atoms with van der Waals surface area (Å²) in [5, 5.41) is 10.9. The molecule has 0 radical (unpaired) electrons. The number of ether oxygens (including phenoxy) is 1. The van der Waals surface area contributed by atoms with Crippen LogP contribution >= 0.6 is 0 Å². The molecule has 3 aromatic rings. The van der Waals surface area contributed by atoms with E-state index in [-0.39, 0.29) is 17.8 Å². The number of carbonyl (C=O) groups excluding carboxylic acids is 2. The molecular formula is C22H29N9O3. The molecular weight excluding hydrogens is 438 g/mol. The molecule has 1 aliphatic heterocycles. The highest BCUT2D eigenvalue weighted by Gasteiger charge is 2.32. The molecule has 12 heteroatoms. The van der Waals surface area contributed by atoms with Crippen LogP contribution in [-0.2, 0) is 4.74 Å². The smallest absolute Gasteiger partial charge is 0.410 e. The Bertz CT molecular complexity index is 1220. The number of hydrogen-bond donors (Lipinski definition) is 1. The summed E-state index contributed by atoms with van der Waals surface area (Å²) in [7, 11) is 1.73. The highest BCUT2D eigenvalue weighted by molar-refractivity contribution is 6.02. The third-order valence-corrected chi connectivity index (χ3v) is 5.43. The van der Waals surface area contributed by atoms with Crippen LogP contribution in [0.25, 0.3) is 5.65 Å². The van der Waals surface area contributed by atoms with E-state index in [1.54, 1.807) is 18.1 Å². The SMILES string of the molecule is Cc1cn2cc(NC(=O)c3cnc(N4CC[C@@H](N(C)C(=O)OC(C)(C)C)C4)nn3)nc(C)c2n1. The maximum atomic E-state index is 12.6. The molecule has 34 heavy (non-hydrogen) atoms. The van der Waals surface area contributed by atoms with Crippen molar-refractivity contribution in [3.05, 3.63) is 35.7 Å². The third kappa shape index (κ3) is 5.05. The number of aromatic nitrogens is 6. The lowest BCUT2D eigenvalue weighted by molar-refractivity contribution is 0.0237. The van der Waals surface area contributed by atoms with Gasteiger partial charge in [-0.25, -0.2) is 19.7 Å². The number of nitrogens with one attached hydrogen (secondary N) is 1. The van der Waals surface area contributed by atoms with Crippen molar-refractivity contribution in [3.63, 3.8) is 0 Å². The van der Waals surface area contributed by atoms with E-state index >= 15 is 0 Å². The quantitative estimate of drug-likeness (QED) is 0.613. The summed E-state index contributed by atoms with van der Waals surface area (Å²) >= 11 is 0. The highest BCUT2D eigenvalue weighted by atomic mass is 16.6. The Balaban J connectivity index is 1.38. The third-order valence-electron chi connectivity index (χ3n) is 5.43. The zero-order valence-corrected chi connectivity index (χ0v) is 20.2. The Morgan fingerprint density at radius 1 is 1.18 bits per heavy atom. The maximum absolute atomic E-state index is 12.6. The van der Waals surface area contributed by atoms with Crippen LogP contribution in [0.3, 0.4) is 0 Å². The van der Waals surface area contributed by atoms with Crippen molar-refractivity contribution >= 4 is 29.4 Å². The van der Waals surface area contributed by atoms with Crippen molar-refractivity contribution in [2.75, 3.05) is 30.4 Å². The monoisotopic (exact) mass is 467 g/mol. The molecule has 0 aliphatic carbocycles. The standard InChI is InChI=1S/C22H29N9O3/c1-13-10-31-12-17(25-14(2)18(31)24-13)26-19(32)16-9-23-20(28-27-16)30-8-7-15(11-30)29(6)21(33)34-22(3,4)5/h9-10,12,15H,7-8,11H2,1-6H3,(H,26,32)/t15-/m1/s1. The zero-order valence-electron chi connectivity index (χ0n) is 20.2. The minimum absolute atomic E-state index is 0.0301.